The van der Waals surface area contributed by atoms with Gasteiger partial charge in [0.15, 0.2) is 0 Å². The van der Waals surface area contributed by atoms with Gasteiger partial charge in [-0.2, -0.15) is 13.2 Å². The second kappa shape index (κ2) is 9.69. The summed E-state index contributed by atoms with van der Waals surface area (Å²) in [5, 5.41) is 11.0. The molecule has 0 N–H and O–H groups in total. The lowest BCUT2D eigenvalue weighted by atomic mass is 9.95. The molecule has 9 nitrogen and oxygen atoms in total. The van der Waals surface area contributed by atoms with Crippen LogP contribution in [0, 0.1) is 0 Å². The number of hydrogen-bond donors (Lipinski definition) is 0. The van der Waals surface area contributed by atoms with Crippen molar-refractivity contribution in [3.05, 3.63) is 70.5 Å². The maximum atomic E-state index is 13.8. The monoisotopic (exact) mass is 500 g/mol. The number of benzene rings is 2. The Bertz CT molecular complexity index is 1250. The number of rotatable bonds is 6. The molecule has 2 aromatic carbocycles. The molecule has 0 atom stereocenters. The molecule has 0 saturated carbocycles. The van der Waals surface area contributed by atoms with E-state index in [2.05, 4.69) is 20.4 Å². The van der Waals surface area contributed by atoms with Gasteiger partial charge in [0.1, 0.15) is 12.9 Å². The highest BCUT2D eigenvalue weighted by molar-refractivity contribution is 5.94. The number of piperazine rings is 1. The minimum atomic E-state index is -4.57. The molecule has 0 radical (unpaired) electrons. The number of alkyl halides is 3. The van der Waals surface area contributed by atoms with Gasteiger partial charge < -0.3 is 9.64 Å². The molecule has 1 amide bonds. The number of ether oxygens (including phenoxy) is 1. The van der Waals surface area contributed by atoms with Crippen LogP contribution >= 0.6 is 0 Å². The second-order valence-corrected chi connectivity index (χ2v) is 8.77. The van der Waals surface area contributed by atoms with E-state index >= 15 is 0 Å². The maximum absolute atomic E-state index is 13.8. The van der Waals surface area contributed by atoms with Crippen molar-refractivity contribution >= 4 is 11.9 Å². The molecule has 188 valence electrons. The van der Waals surface area contributed by atoms with E-state index in [4.69, 9.17) is 4.74 Å². The first-order valence-electron chi connectivity index (χ1n) is 11.5. The molecule has 0 aliphatic carbocycles. The Hall–Kier alpha value is -3.80. The normalized spacial score (nSPS) is 16.2. The summed E-state index contributed by atoms with van der Waals surface area (Å²) < 4.78 is 47.7. The van der Waals surface area contributed by atoms with Crippen LogP contribution in [0.3, 0.4) is 0 Å². The summed E-state index contributed by atoms with van der Waals surface area (Å²) in [6.45, 7) is 2.27. The van der Waals surface area contributed by atoms with E-state index in [1.807, 2.05) is 24.3 Å². The van der Waals surface area contributed by atoms with E-state index < -0.39 is 17.7 Å². The van der Waals surface area contributed by atoms with Gasteiger partial charge >= 0.3 is 12.1 Å². The van der Waals surface area contributed by atoms with Gasteiger partial charge in [-0.05, 0) is 46.2 Å². The molecule has 0 unspecified atom stereocenters. The molecule has 0 bridgehead atoms. The van der Waals surface area contributed by atoms with Crippen LogP contribution in [0.15, 0.2) is 42.7 Å². The highest BCUT2D eigenvalue weighted by atomic mass is 19.4. The summed E-state index contributed by atoms with van der Waals surface area (Å²) >= 11 is 0. The van der Waals surface area contributed by atoms with Crippen LogP contribution in [-0.4, -0.2) is 74.6 Å². The standard InChI is InChI=1S/C24H23F3N6O3/c25-24(26,27)22-17(3-6-19-20(22)14-36-23(19)35)7-8-31-9-11-32(12-10-31)21(34)13-16-1-4-18(5-2-16)33-15-28-29-30-33/h1-6,15H,7-14H2. The fourth-order valence-electron chi connectivity index (χ4n) is 4.65. The third kappa shape index (κ3) is 4.94. The molecule has 1 aromatic heterocycles. The predicted octanol–water partition coefficient (Wildman–Crippen LogP) is 2.28. The minimum absolute atomic E-state index is 0.00692. The number of carbonyl (C=O) groups is 2. The average molecular weight is 500 g/mol. The molecule has 12 heteroatoms. The van der Waals surface area contributed by atoms with Gasteiger partial charge in [-0.1, -0.05) is 18.2 Å². The van der Waals surface area contributed by atoms with Crippen molar-refractivity contribution in [2.24, 2.45) is 0 Å². The number of aromatic nitrogens is 4. The van der Waals surface area contributed by atoms with Crippen molar-refractivity contribution in [1.82, 2.24) is 30.0 Å². The first kappa shape index (κ1) is 23.9. The van der Waals surface area contributed by atoms with E-state index in [1.165, 1.54) is 23.1 Å². The largest absolute Gasteiger partial charge is 0.457 e. The Balaban J connectivity index is 1.15. The van der Waals surface area contributed by atoms with Gasteiger partial charge in [-0.3, -0.25) is 9.69 Å². The van der Waals surface area contributed by atoms with E-state index in [1.54, 1.807) is 4.90 Å². The third-order valence-corrected chi connectivity index (χ3v) is 6.58. The van der Waals surface area contributed by atoms with E-state index in [0.717, 1.165) is 11.3 Å². The van der Waals surface area contributed by atoms with Gasteiger partial charge in [0, 0.05) is 38.3 Å². The number of esters is 1. The number of halogens is 3. The number of fused-ring (bicyclic) bond motifs is 1. The Morgan fingerprint density at radius 1 is 1.03 bits per heavy atom. The summed E-state index contributed by atoms with van der Waals surface area (Å²) in [7, 11) is 0. The Morgan fingerprint density at radius 3 is 2.44 bits per heavy atom. The number of hydrogen-bond acceptors (Lipinski definition) is 7. The average Bonchev–Trinajstić information content (AvgIpc) is 3.53. The smallest absolute Gasteiger partial charge is 0.417 e. The molecular weight excluding hydrogens is 477 g/mol. The number of amides is 1. The fourth-order valence-corrected chi connectivity index (χ4v) is 4.65. The van der Waals surface area contributed by atoms with Crippen LogP contribution in [0.5, 0.6) is 0 Å². The van der Waals surface area contributed by atoms with Crippen LogP contribution < -0.4 is 0 Å². The van der Waals surface area contributed by atoms with Crippen LogP contribution in [0.25, 0.3) is 5.69 Å². The highest BCUT2D eigenvalue weighted by Gasteiger charge is 2.40. The third-order valence-electron chi connectivity index (χ3n) is 6.58. The summed E-state index contributed by atoms with van der Waals surface area (Å²) in [6, 6.07) is 10.2. The minimum Gasteiger partial charge on any atom is -0.457 e. The summed E-state index contributed by atoms with van der Waals surface area (Å²) in [4.78, 5) is 28.3. The van der Waals surface area contributed by atoms with Crippen LogP contribution in [0.1, 0.15) is 32.6 Å². The second-order valence-electron chi connectivity index (χ2n) is 8.77. The van der Waals surface area contributed by atoms with Crippen molar-refractivity contribution in [2.75, 3.05) is 32.7 Å². The molecule has 1 saturated heterocycles. The number of nitrogens with zero attached hydrogens (tertiary/aromatic N) is 6. The lowest BCUT2D eigenvalue weighted by molar-refractivity contribution is -0.139. The lowest BCUT2D eigenvalue weighted by Crippen LogP contribution is -2.49. The highest BCUT2D eigenvalue weighted by Crippen LogP contribution is 2.39. The van der Waals surface area contributed by atoms with Crippen LogP contribution in [-0.2, 0) is 35.2 Å². The first-order valence-corrected chi connectivity index (χ1v) is 11.5. The summed E-state index contributed by atoms with van der Waals surface area (Å²) in [5.41, 5.74) is 0.975. The van der Waals surface area contributed by atoms with Crippen molar-refractivity contribution in [2.45, 2.75) is 25.6 Å². The van der Waals surface area contributed by atoms with Gasteiger partial charge in [0.05, 0.1) is 23.2 Å². The molecular formula is C24H23F3N6O3. The molecule has 3 heterocycles. The molecule has 5 rings (SSSR count). The van der Waals surface area contributed by atoms with Gasteiger partial charge in [-0.15, -0.1) is 5.10 Å². The Labute approximate surface area is 204 Å². The van der Waals surface area contributed by atoms with E-state index in [0.29, 0.717) is 32.7 Å². The zero-order chi connectivity index (χ0) is 25.3. The SMILES string of the molecule is O=C1OCc2c1ccc(CCN1CCN(C(=O)Cc3ccc(-n4cnnn4)cc3)CC1)c2C(F)(F)F. The zero-order valence-corrected chi connectivity index (χ0v) is 19.2. The van der Waals surface area contributed by atoms with Crippen molar-refractivity contribution in [3.63, 3.8) is 0 Å². The maximum Gasteiger partial charge on any atom is 0.417 e. The quantitative estimate of drug-likeness (QED) is 0.480. The lowest BCUT2D eigenvalue weighted by Gasteiger charge is -2.35. The number of cyclic esters (lactones) is 1. The fraction of sp³-hybridized carbons (Fsp3) is 0.375. The zero-order valence-electron chi connectivity index (χ0n) is 19.2. The van der Waals surface area contributed by atoms with Crippen molar-refractivity contribution in [1.29, 1.82) is 0 Å². The topological polar surface area (TPSA) is 93.5 Å². The van der Waals surface area contributed by atoms with Crippen molar-refractivity contribution in [3.8, 4) is 5.69 Å². The molecule has 36 heavy (non-hydrogen) atoms. The molecule has 2 aliphatic rings. The van der Waals surface area contributed by atoms with E-state index in [-0.39, 0.29) is 42.0 Å². The summed E-state index contributed by atoms with van der Waals surface area (Å²) in [5.74, 6) is -0.709. The predicted molar refractivity (Wildman–Crippen MR) is 120 cm³/mol. The van der Waals surface area contributed by atoms with Gasteiger partial charge in [0.25, 0.3) is 0 Å². The number of carbonyl (C=O) groups excluding carboxylic acids is 2. The molecule has 2 aliphatic heterocycles. The van der Waals surface area contributed by atoms with Crippen LogP contribution in [0.2, 0.25) is 0 Å². The van der Waals surface area contributed by atoms with Crippen LogP contribution in [0.4, 0.5) is 13.2 Å². The van der Waals surface area contributed by atoms with Gasteiger partial charge in [-0.25, -0.2) is 9.48 Å². The van der Waals surface area contributed by atoms with Gasteiger partial charge in [0.2, 0.25) is 5.91 Å². The van der Waals surface area contributed by atoms with E-state index in [9.17, 15) is 22.8 Å². The Morgan fingerprint density at radius 2 is 1.78 bits per heavy atom. The first-order chi connectivity index (χ1) is 17.3. The van der Waals surface area contributed by atoms with Crippen molar-refractivity contribution < 1.29 is 27.5 Å². The molecule has 0 spiro atoms. The Kier molecular flexibility index (Phi) is 6.44. The molecule has 1 fully saturated rings. The number of tetrazole rings is 1. The summed E-state index contributed by atoms with van der Waals surface area (Å²) in [6.07, 6.45) is -2.62. The molecule has 3 aromatic rings.